The Balaban J connectivity index is 1.70. The average molecular weight is 414 g/mol. The van der Waals surface area contributed by atoms with Crippen molar-refractivity contribution in [1.82, 2.24) is 19.2 Å². The normalized spacial score (nSPS) is 15.9. The molecular formula is C16H16F2N4O3S2. The van der Waals surface area contributed by atoms with E-state index in [9.17, 15) is 22.0 Å². The number of alkyl halides is 2. The molecule has 0 bridgehead atoms. The fourth-order valence-corrected chi connectivity index (χ4v) is 4.64. The van der Waals surface area contributed by atoms with Crippen LogP contribution in [0.1, 0.15) is 10.4 Å². The highest BCUT2D eigenvalue weighted by molar-refractivity contribution is 7.99. The lowest BCUT2D eigenvalue weighted by Gasteiger charge is -2.34. The van der Waals surface area contributed by atoms with E-state index >= 15 is 0 Å². The Bertz CT molecular complexity index is 905. The Morgan fingerprint density at radius 3 is 2.44 bits per heavy atom. The SMILES string of the molecule is O=C(c1cccnc1SC(F)F)N1CCN(S(=O)(=O)c2cccnc2)CC1. The molecule has 1 fully saturated rings. The maximum absolute atomic E-state index is 12.7. The van der Waals surface area contributed by atoms with Gasteiger partial charge in [0.1, 0.15) is 9.92 Å². The second-order valence-corrected chi connectivity index (χ2v) is 8.54. The molecule has 0 N–H and O–H groups in total. The highest BCUT2D eigenvalue weighted by Crippen LogP contribution is 2.27. The van der Waals surface area contributed by atoms with Crippen molar-refractivity contribution in [2.45, 2.75) is 15.7 Å². The van der Waals surface area contributed by atoms with Gasteiger partial charge in [0.15, 0.2) is 0 Å². The molecule has 1 amide bonds. The summed E-state index contributed by atoms with van der Waals surface area (Å²) in [6.45, 7) is 0.541. The van der Waals surface area contributed by atoms with Gasteiger partial charge in [-0.05, 0) is 36.0 Å². The molecule has 2 aromatic rings. The minimum atomic E-state index is -3.68. The van der Waals surface area contributed by atoms with Crippen molar-refractivity contribution < 1.29 is 22.0 Å². The number of hydrogen-bond donors (Lipinski definition) is 0. The zero-order valence-electron chi connectivity index (χ0n) is 14.0. The fourth-order valence-electron chi connectivity index (χ4n) is 2.68. The second kappa shape index (κ2) is 8.28. The first kappa shape index (κ1) is 19.6. The average Bonchev–Trinajstić information content (AvgIpc) is 2.68. The summed E-state index contributed by atoms with van der Waals surface area (Å²) in [6.07, 6.45) is 4.11. The molecule has 0 aliphatic carbocycles. The van der Waals surface area contributed by atoms with Crippen LogP contribution < -0.4 is 0 Å². The van der Waals surface area contributed by atoms with Crippen LogP contribution in [0.25, 0.3) is 0 Å². The molecule has 7 nitrogen and oxygen atoms in total. The number of carbonyl (C=O) groups is 1. The number of thioether (sulfide) groups is 1. The Hall–Kier alpha value is -2.11. The molecule has 2 aromatic heterocycles. The van der Waals surface area contributed by atoms with Crippen molar-refractivity contribution in [3.05, 3.63) is 48.4 Å². The lowest BCUT2D eigenvalue weighted by atomic mass is 10.2. The van der Waals surface area contributed by atoms with Crippen molar-refractivity contribution in [2.75, 3.05) is 26.2 Å². The van der Waals surface area contributed by atoms with Gasteiger partial charge in [-0.15, -0.1) is 0 Å². The van der Waals surface area contributed by atoms with Crippen LogP contribution in [0.5, 0.6) is 0 Å². The Morgan fingerprint density at radius 1 is 1.11 bits per heavy atom. The maximum atomic E-state index is 12.7. The van der Waals surface area contributed by atoms with Gasteiger partial charge in [-0.25, -0.2) is 13.4 Å². The van der Waals surface area contributed by atoms with Gasteiger partial charge in [-0.1, -0.05) is 0 Å². The molecule has 1 aliphatic rings. The number of hydrogen-bond acceptors (Lipinski definition) is 6. The number of pyridine rings is 2. The molecule has 0 spiro atoms. The number of carbonyl (C=O) groups excluding carboxylic acids is 1. The Morgan fingerprint density at radius 2 is 1.81 bits per heavy atom. The summed E-state index contributed by atoms with van der Waals surface area (Å²) in [4.78, 5) is 21.9. The summed E-state index contributed by atoms with van der Waals surface area (Å²) in [7, 11) is -3.68. The molecule has 0 unspecified atom stereocenters. The van der Waals surface area contributed by atoms with E-state index < -0.39 is 21.7 Å². The standard InChI is InChI=1S/C16H16F2N4O3S2/c17-16(18)26-14-13(4-2-6-20-14)15(23)21-7-9-22(10-8-21)27(24,25)12-3-1-5-19-11-12/h1-6,11,16H,7-10H2. The predicted molar refractivity (Wildman–Crippen MR) is 95.0 cm³/mol. The quantitative estimate of drug-likeness (QED) is 0.696. The summed E-state index contributed by atoms with van der Waals surface area (Å²) >= 11 is 0.214. The van der Waals surface area contributed by atoms with Crippen LogP contribution in [0.3, 0.4) is 0 Å². The van der Waals surface area contributed by atoms with E-state index in [1.165, 1.54) is 52.1 Å². The first-order valence-corrected chi connectivity index (χ1v) is 10.3. The van der Waals surface area contributed by atoms with Crippen LogP contribution in [0.15, 0.2) is 52.8 Å². The van der Waals surface area contributed by atoms with Crippen LogP contribution in [0.2, 0.25) is 0 Å². The molecule has 1 saturated heterocycles. The van der Waals surface area contributed by atoms with Gasteiger partial charge in [-0.3, -0.25) is 9.78 Å². The van der Waals surface area contributed by atoms with Crippen molar-refractivity contribution in [2.24, 2.45) is 0 Å². The fraction of sp³-hybridized carbons (Fsp3) is 0.312. The lowest BCUT2D eigenvalue weighted by Crippen LogP contribution is -2.50. The van der Waals surface area contributed by atoms with E-state index in [0.717, 1.165) is 0 Å². The van der Waals surface area contributed by atoms with Gasteiger partial charge < -0.3 is 4.90 Å². The molecule has 0 saturated carbocycles. The van der Waals surface area contributed by atoms with E-state index in [-0.39, 0.29) is 53.4 Å². The van der Waals surface area contributed by atoms with E-state index in [1.807, 2.05) is 0 Å². The van der Waals surface area contributed by atoms with Crippen molar-refractivity contribution in [3.63, 3.8) is 0 Å². The van der Waals surface area contributed by atoms with Gasteiger partial charge in [0.05, 0.1) is 5.56 Å². The number of aromatic nitrogens is 2. The maximum Gasteiger partial charge on any atom is 0.290 e. The van der Waals surface area contributed by atoms with Crippen LogP contribution in [-0.4, -0.2) is 65.4 Å². The molecule has 0 aromatic carbocycles. The second-order valence-electron chi connectivity index (χ2n) is 5.62. The van der Waals surface area contributed by atoms with E-state index in [0.29, 0.717) is 0 Å². The number of piperazine rings is 1. The zero-order valence-corrected chi connectivity index (χ0v) is 15.7. The topological polar surface area (TPSA) is 83.5 Å². The molecule has 144 valence electrons. The number of sulfonamides is 1. The van der Waals surface area contributed by atoms with Crippen molar-refractivity contribution >= 4 is 27.7 Å². The molecule has 3 rings (SSSR count). The van der Waals surface area contributed by atoms with Crippen LogP contribution in [0, 0.1) is 0 Å². The van der Waals surface area contributed by atoms with Gasteiger partial charge in [0.25, 0.3) is 11.7 Å². The van der Waals surface area contributed by atoms with Crippen molar-refractivity contribution in [1.29, 1.82) is 0 Å². The molecule has 0 atom stereocenters. The van der Waals surface area contributed by atoms with Crippen molar-refractivity contribution in [3.8, 4) is 0 Å². The van der Waals surface area contributed by atoms with Crippen LogP contribution in [-0.2, 0) is 10.0 Å². The van der Waals surface area contributed by atoms with Gasteiger partial charge in [-0.2, -0.15) is 13.1 Å². The molecule has 3 heterocycles. The third-order valence-corrected chi connectivity index (χ3v) is 6.61. The van der Waals surface area contributed by atoms with E-state index in [1.54, 1.807) is 0 Å². The largest absolute Gasteiger partial charge is 0.336 e. The molecule has 27 heavy (non-hydrogen) atoms. The van der Waals surface area contributed by atoms with Crippen LogP contribution >= 0.6 is 11.8 Å². The smallest absolute Gasteiger partial charge is 0.290 e. The van der Waals surface area contributed by atoms with E-state index in [2.05, 4.69) is 9.97 Å². The number of amides is 1. The molecule has 1 aliphatic heterocycles. The summed E-state index contributed by atoms with van der Waals surface area (Å²) < 4.78 is 51.8. The lowest BCUT2D eigenvalue weighted by molar-refractivity contribution is 0.0693. The highest BCUT2D eigenvalue weighted by Gasteiger charge is 2.31. The Kier molecular flexibility index (Phi) is 6.02. The third-order valence-electron chi connectivity index (χ3n) is 4.00. The van der Waals surface area contributed by atoms with Gasteiger partial charge >= 0.3 is 0 Å². The summed E-state index contributed by atoms with van der Waals surface area (Å²) in [5.41, 5.74) is 0.0892. The minimum Gasteiger partial charge on any atom is -0.336 e. The first-order chi connectivity index (χ1) is 12.9. The predicted octanol–water partition coefficient (Wildman–Crippen LogP) is 1.94. The number of rotatable bonds is 5. The Labute approximate surface area is 159 Å². The summed E-state index contributed by atoms with van der Waals surface area (Å²) in [5.74, 6) is -3.13. The summed E-state index contributed by atoms with van der Waals surface area (Å²) in [6, 6.07) is 5.95. The highest BCUT2D eigenvalue weighted by atomic mass is 32.2. The monoisotopic (exact) mass is 414 g/mol. The summed E-state index contributed by atoms with van der Waals surface area (Å²) in [5, 5.41) is -0.0390. The number of halogens is 2. The van der Waals surface area contributed by atoms with Gasteiger partial charge in [0.2, 0.25) is 10.0 Å². The molecular weight excluding hydrogens is 398 g/mol. The zero-order chi connectivity index (χ0) is 19.4. The molecule has 11 heteroatoms. The number of nitrogens with zero attached hydrogens (tertiary/aromatic N) is 4. The minimum absolute atomic E-state index is 0.0390. The third kappa shape index (κ3) is 4.42. The van der Waals surface area contributed by atoms with Crippen LogP contribution in [0.4, 0.5) is 8.78 Å². The van der Waals surface area contributed by atoms with E-state index in [4.69, 9.17) is 0 Å². The van der Waals surface area contributed by atoms with Gasteiger partial charge in [0, 0.05) is 44.8 Å². The molecule has 0 radical (unpaired) electrons. The first-order valence-electron chi connectivity index (χ1n) is 7.99.